The number of benzene rings is 1. The molecule has 1 aromatic carbocycles. The van der Waals surface area contributed by atoms with Gasteiger partial charge in [0.25, 0.3) is 0 Å². The fraction of sp³-hybridized carbons (Fsp3) is 0.421. The van der Waals surface area contributed by atoms with Gasteiger partial charge in [-0.15, -0.1) is 24.0 Å². The molecule has 0 radical (unpaired) electrons. The number of hydrogen-bond acceptors (Lipinski definition) is 4. The Morgan fingerprint density at radius 3 is 2.58 bits per heavy atom. The third-order valence-electron chi connectivity index (χ3n) is 4.01. The van der Waals surface area contributed by atoms with E-state index >= 15 is 0 Å². The highest BCUT2D eigenvalue weighted by atomic mass is 127. The second-order valence-electron chi connectivity index (χ2n) is 6.52. The smallest absolute Gasteiger partial charge is 0.387 e. The van der Waals surface area contributed by atoms with Gasteiger partial charge >= 0.3 is 6.61 Å². The van der Waals surface area contributed by atoms with Gasteiger partial charge in [-0.3, -0.25) is 0 Å². The van der Waals surface area contributed by atoms with Crippen molar-refractivity contribution in [2.45, 2.75) is 31.9 Å². The van der Waals surface area contributed by atoms with Gasteiger partial charge in [0.1, 0.15) is 5.75 Å². The molecule has 0 unspecified atom stereocenters. The van der Waals surface area contributed by atoms with Gasteiger partial charge < -0.3 is 19.9 Å². The molecule has 3 N–H and O–H groups in total. The van der Waals surface area contributed by atoms with Gasteiger partial charge in [0.05, 0.1) is 11.4 Å². The van der Waals surface area contributed by atoms with Crippen LogP contribution in [0.4, 0.5) is 8.78 Å². The van der Waals surface area contributed by atoms with Gasteiger partial charge in [0.2, 0.25) is 10.0 Å². The molecule has 0 fully saturated rings. The number of hydrogen-bond donors (Lipinski definition) is 3. The molecule has 0 spiro atoms. The van der Waals surface area contributed by atoms with Gasteiger partial charge in [0, 0.05) is 44.6 Å². The summed E-state index contributed by atoms with van der Waals surface area (Å²) in [6, 6.07) is 6.43. The molecule has 8 nitrogen and oxygen atoms in total. The minimum absolute atomic E-state index is 0. The molecule has 2 aromatic rings. The molecular formula is C19H28F2IN5O3S. The van der Waals surface area contributed by atoms with E-state index in [1.807, 2.05) is 13.8 Å². The van der Waals surface area contributed by atoms with Crippen molar-refractivity contribution in [1.82, 2.24) is 19.9 Å². The maximum Gasteiger partial charge on any atom is 0.387 e. The predicted molar refractivity (Wildman–Crippen MR) is 127 cm³/mol. The molecule has 31 heavy (non-hydrogen) atoms. The first-order valence-electron chi connectivity index (χ1n) is 9.39. The summed E-state index contributed by atoms with van der Waals surface area (Å²) in [6.07, 6.45) is 3.17. The van der Waals surface area contributed by atoms with Crippen LogP contribution in [0, 0.1) is 6.92 Å². The number of sulfonamides is 1. The Hall–Kier alpha value is -1.93. The van der Waals surface area contributed by atoms with E-state index in [4.69, 9.17) is 0 Å². The third kappa shape index (κ3) is 8.99. The zero-order valence-electron chi connectivity index (χ0n) is 17.6. The van der Waals surface area contributed by atoms with E-state index in [0.717, 1.165) is 5.56 Å². The number of halogens is 3. The fourth-order valence-corrected chi connectivity index (χ4v) is 3.72. The van der Waals surface area contributed by atoms with E-state index in [1.54, 1.807) is 29.9 Å². The summed E-state index contributed by atoms with van der Waals surface area (Å²) in [4.78, 5) is 4.57. The van der Waals surface area contributed by atoms with E-state index in [0.29, 0.717) is 18.1 Å². The summed E-state index contributed by atoms with van der Waals surface area (Å²) in [5.74, 6) is 0.506. The van der Waals surface area contributed by atoms with Crippen LogP contribution < -0.4 is 20.1 Å². The Morgan fingerprint density at radius 1 is 1.23 bits per heavy atom. The van der Waals surface area contributed by atoms with E-state index in [2.05, 4.69) is 25.1 Å². The Morgan fingerprint density at radius 2 is 1.97 bits per heavy atom. The number of ether oxygens (including phenoxy) is 1. The zero-order chi connectivity index (χ0) is 22.1. The molecule has 12 heteroatoms. The maximum absolute atomic E-state index is 12.6. The van der Waals surface area contributed by atoms with E-state index in [9.17, 15) is 17.2 Å². The number of nitrogens with zero attached hydrogens (tertiary/aromatic N) is 2. The van der Waals surface area contributed by atoms with Crippen LogP contribution in [0.5, 0.6) is 5.75 Å². The van der Waals surface area contributed by atoms with E-state index in [-0.39, 0.29) is 54.3 Å². The topological polar surface area (TPSA) is 96.8 Å². The van der Waals surface area contributed by atoms with Crippen molar-refractivity contribution in [3.05, 3.63) is 47.8 Å². The molecular weight excluding hydrogens is 543 g/mol. The monoisotopic (exact) mass is 571 g/mol. The van der Waals surface area contributed by atoms with Crippen molar-refractivity contribution < 1.29 is 21.9 Å². The number of aromatic nitrogens is 1. The summed E-state index contributed by atoms with van der Waals surface area (Å²) in [5.41, 5.74) is 1.42. The van der Waals surface area contributed by atoms with Gasteiger partial charge in [0.15, 0.2) is 5.96 Å². The van der Waals surface area contributed by atoms with Crippen LogP contribution in [0.3, 0.4) is 0 Å². The summed E-state index contributed by atoms with van der Waals surface area (Å²) < 4.78 is 58.3. The lowest BCUT2D eigenvalue weighted by molar-refractivity contribution is -0.0504. The van der Waals surface area contributed by atoms with Gasteiger partial charge in [-0.1, -0.05) is 17.7 Å². The molecule has 174 valence electrons. The molecule has 0 aliphatic carbocycles. The molecule has 1 aromatic heterocycles. The van der Waals surface area contributed by atoms with Crippen LogP contribution in [0.25, 0.3) is 0 Å². The van der Waals surface area contributed by atoms with Crippen LogP contribution >= 0.6 is 24.0 Å². The fourth-order valence-electron chi connectivity index (χ4n) is 2.64. The predicted octanol–water partition coefficient (Wildman–Crippen LogP) is 2.59. The molecule has 0 amide bonds. The lowest BCUT2D eigenvalue weighted by atomic mass is 10.1. The Kier molecular flexibility index (Phi) is 11.2. The lowest BCUT2D eigenvalue weighted by Gasteiger charge is -2.13. The number of aliphatic imine (C=N–C) groups is 1. The summed E-state index contributed by atoms with van der Waals surface area (Å²) >= 11 is 0. The highest BCUT2D eigenvalue weighted by Gasteiger charge is 2.14. The molecule has 2 rings (SSSR count). The first kappa shape index (κ1) is 27.1. The van der Waals surface area contributed by atoms with Crippen LogP contribution in [0.2, 0.25) is 0 Å². The van der Waals surface area contributed by atoms with E-state index in [1.165, 1.54) is 18.3 Å². The van der Waals surface area contributed by atoms with Crippen molar-refractivity contribution in [2.75, 3.05) is 19.6 Å². The second kappa shape index (κ2) is 12.8. The minimum Gasteiger partial charge on any atom is -0.434 e. The van der Waals surface area contributed by atoms with Crippen molar-refractivity contribution in [3.8, 4) is 5.75 Å². The Labute approximate surface area is 198 Å². The van der Waals surface area contributed by atoms with Crippen LogP contribution in [-0.2, 0) is 23.6 Å². The first-order valence-corrected chi connectivity index (χ1v) is 10.9. The number of guanidine groups is 1. The molecule has 0 saturated heterocycles. The quantitative estimate of drug-likeness (QED) is 0.176. The van der Waals surface area contributed by atoms with Gasteiger partial charge in [-0.2, -0.15) is 8.78 Å². The summed E-state index contributed by atoms with van der Waals surface area (Å²) in [5, 5.41) is 6.04. The standard InChI is InChI=1S/C19H27F2N5O3S.HI/c1-4-22-19(23-8-9-25-30(27,28)16-7-10-26(3)13-16)24-12-15-11-14(2)5-6-17(15)29-18(20)21;/h5-7,10-11,13,18,25H,4,8-9,12H2,1-3H3,(H2,22,23,24);1H. The summed E-state index contributed by atoms with van der Waals surface area (Å²) in [7, 11) is -1.84. The molecule has 1 heterocycles. The molecule has 0 bridgehead atoms. The number of alkyl halides is 2. The van der Waals surface area contributed by atoms with Crippen molar-refractivity contribution in [2.24, 2.45) is 12.0 Å². The highest BCUT2D eigenvalue weighted by molar-refractivity contribution is 14.0. The maximum atomic E-state index is 12.6. The van der Waals surface area contributed by atoms with Crippen LogP contribution in [0.1, 0.15) is 18.1 Å². The number of aryl methyl sites for hydroxylation is 2. The normalized spacial score (nSPS) is 11.9. The number of nitrogens with one attached hydrogen (secondary N) is 3. The van der Waals surface area contributed by atoms with E-state index < -0.39 is 16.6 Å². The van der Waals surface area contributed by atoms with Crippen molar-refractivity contribution in [3.63, 3.8) is 0 Å². The summed E-state index contributed by atoms with van der Waals surface area (Å²) in [6.45, 7) is 1.94. The zero-order valence-corrected chi connectivity index (χ0v) is 20.7. The Bertz CT molecular complexity index is 967. The molecule has 0 saturated carbocycles. The first-order chi connectivity index (χ1) is 14.2. The van der Waals surface area contributed by atoms with Crippen LogP contribution in [0.15, 0.2) is 46.5 Å². The lowest BCUT2D eigenvalue weighted by Crippen LogP contribution is -2.41. The van der Waals surface area contributed by atoms with Crippen molar-refractivity contribution >= 4 is 40.0 Å². The van der Waals surface area contributed by atoms with Gasteiger partial charge in [-0.05, 0) is 26.0 Å². The third-order valence-corrected chi connectivity index (χ3v) is 5.45. The highest BCUT2D eigenvalue weighted by Crippen LogP contribution is 2.22. The van der Waals surface area contributed by atoms with Crippen molar-refractivity contribution in [1.29, 1.82) is 0 Å². The average molecular weight is 571 g/mol. The van der Waals surface area contributed by atoms with Crippen LogP contribution in [-0.4, -0.2) is 45.2 Å². The minimum atomic E-state index is -3.59. The SMILES string of the molecule is CCNC(=NCc1cc(C)ccc1OC(F)F)NCCNS(=O)(=O)c1ccn(C)c1.I. The largest absolute Gasteiger partial charge is 0.434 e. The van der Waals surface area contributed by atoms with Gasteiger partial charge in [-0.25, -0.2) is 18.1 Å². The number of rotatable bonds is 10. The Balaban J connectivity index is 0.00000480. The molecule has 0 aliphatic rings. The molecule has 0 aliphatic heterocycles. The second-order valence-corrected chi connectivity index (χ2v) is 8.29. The molecule has 0 atom stereocenters. The average Bonchev–Trinajstić information content (AvgIpc) is 3.12.